The summed E-state index contributed by atoms with van der Waals surface area (Å²) in [5, 5.41) is 11.6. The van der Waals surface area contributed by atoms with Crippen molar-refractivity contribution in [1.29, 1.82) is 0 Å². The van der Waals surface area contributed by atoms with E-state index in [-0.39, 0.29) is 18.2 Å². The molecule has 0 aliphatic carbocycles. The first kappa shape index (κ1) is 22.2. The molecule has 1 atom stereocenters. The topological polar surface area (TPSA) is 82.0 Å². The molecule has 0 aliphatic heterocycles. The van der Waals surface area contributed by atoms with Gasteiger partial charge in [-0.2, -0.15) is 0 Å². The summed E-state index contributed by atoms with van der Waals surface area (Å²) in [6.45, 7) is 5.38. The molecule has 0 radical (unpaired) electrons. The van der Waals surface area contributed by atoms with Crippen LogP contribution < -0.4 is 5.32 Å². The maximum absolute atomic E-state index is 11.7. The second kappa shape index (κ2) is 11.7. The second-order valence-corrected chi connectivity index (χ2v) is 6.10. The fourth-order valence-electron chi connectivity index (χ4n) is 2.12. The minimum atomic E-state index is -0.763. The first-order valence-corrected chi connectivity index (χ1v) is 8.58. The quantitative estimate of drug-likeness (QED) is 0.272. The van der Waals surface area contributed by atoms with Gasteiger partial charge in [0.1, 0.15) is 10.8 Å². The standard InChI is InChI=1S/C17H29N3O3S/c1-6-14(9-7-8-10-15(22)23)11-19-16(20(5)13(3)21)12(2)17(24)18-4/h11,14H,6-10H2,1-5H3,(H,18,24)(H,22,23)/b16-12-,19-11-. The second-order valence-electron chi connectivity index (χ2n) is 5.69. The van der Waals surface area contributed by atoms with E-state index in [0.717, 1.165) is 24.8 Å². The number of thiocarbonyl (C=S) groups is 1. The van der Waals surface area contributed by atoms with Crippen molar-refractivity contribution >= 4 is 35.3 Å². The molecule has 0 rings (SSSR count). The van der Waals surface area contributed by atoms with Crippen molar-refractivity contribution in [3.8, 4) is 0 Å². The van der Waals surface area contributed by atoms with Gasteiger partial charge < -0.3 is 10.4 Å². The Labute approximate surface area is 150 Å². The molecule has 0 bridgehead atoms. The van der Waals surface area contributed by atoms with E-state index in [2.05, 4.69) is 17.2 Å². The number of aliphatic imine (C=N–C) groups is 1. The van der Waals surface area contributed by atoms with Crippen LogP contribution in [0, 0.1) is 5.92 Å². The van der Waals surface area contributed by atoms with Crippen LogP contribution in [-0.2, 0) is 9.59 Å². The highest BCUT2D eigenvalue weighted by Gasteiger charge is 2.14. The number of aliphatic carboxylic acids is 1. The van der Waals surface area contributed by atoms with E-state index >= 15 is 0 Å². The molecule has 0 fully saturated rings. The van der Waals surface area contributed by atoms with Crippen LogP contribution in [0.3, 0.4) is 0 Å². The van der Waals surface area contributed by atoms with Gasteiger partial charge in [-0.15, -0.1) is 0 Å². The summed E-state index contributed by atoms with van der Waals surface area (Å²) >= 11 is 5.24. The molecule has 0 spiro atoms. The van der Waals surface area contributed by atoms with Crippen LogP contribution in [0.2, 0.25) is 0 Å². The van der Waals surface area contributed by atoms with Gasteiger partial charge in [0.25, 0.3) is 0 Å². The molecular formula is C17H29N3O3S. The number of carboxylic acids is 1. The van der Waals surface area contributed by atoms with Crippen LogP contribution in [-0.4, -0.2) is 47.2 Å². The van der Waals surface area contributed by atoms with Gasteiger partial charge in [0.15, 0.2) is 0 Å². The van der Waals surface area contributed by atoms with Crippen molar-refractivity contribution in [3.63, 3.8) is 0 Å². The first-order chi connectivity index (χ1) is 11.2. The molecule has 0 saturated heterocycles. The van der Waals surface area contributed by atoms with E-state index < -0.39 is 5.97 Å². The van der Waals surface area contributed by atoms with Gasteiger partial charge in [0.05, 0.1) is 0 Å². The highest BCUT2D eigenvalue weighted by molar-refractivity contribution is 7.80. The molecule has 1 unspecified atom stereocenters. The number of carbonyl (C=O) groups excluding carboxylic acids is 1. The summed E-state index contributed by atoms with van der Waals surface area (Å²) < 4.78 is 0. The third-order valence-corrected chi connectivity index (χ3v) is 4.35. The van der Waals surface area contributed by atoms with Gasteiger partial charge in [0, 0.05) is 39.2 Å². The molecule has 0 saturated carbocycles. The van der Waals surface area contributed by atoms with Gasteiger partial charge in [0.2, 0.25) is 5.91 Å². The zero-order valence-electron chi connectivity index (χ0n) is 15.3. The van der Waals surface area contributed by atoms with E-state index in [1.165, 1.54) is 11.8 Å². The number of hydrogen-bond acceptors (Lipinski definition) is 4. The molecule has 1 amide bonds. The van der Waals surface area contributed by atoms with Gasteiger partial charge in [-0.1, -0.05) is 25.6 Å². The van der Waals surface area contributed by atoms with Crippen molar-refractivity contribution in [2.45, 2.75) is 52.9 Å². The minimum Gasteiger partial charge on any atom is -0.481 e. The molecular weight excluding hydrogens is 326 g/mol. The Kier molecular flexibility index (Phi) is 10.9. The number of carbonyl (C=O) groups is 2. The van der Waals surface area contributed by atoms with E-state index in [0.29, 0.717) is 17.2 Å². The molecule has 0 aromatic carbocycles. The summed E-state index contributed by atoms with van der Waals surface area (Å²) in [7, 11) is 3.41. The van der Waals surface area contributed by atoms with Gasteiger partial charge in [-0.3, -0.25) is 14.5 Å². The maximum atomic E-state index is 11.7. The van der Waals surface area contributed by atoms with Crippen LogP contribution >= 0.6 is 12.2 Å². The van der Waals surface area contributed by atoms with E-state index in [1.807, 2.05) is 13.1 Å². The van der Waals surface area contributed by atoms with Crippen molar-refractivity contribution < 1.29 is 14.7 Å². The zero-order chi connectivity index (χ0) is 18.7. The minimum absolute atomic E-state index is 0.116. The van der Waals surface area contributed by atoms with Gasteiger partial charge in [-0.25, -0.2) is 4.99 Å². The summed E-state index contributed by atoms with van der Waals surface area (Å²) in [5.41, 5.74) is 0.738. The Morgan fingerprint density at radius 3 is 2.42 bits per heavy atom. The molecule has 0 aromatic heterocycles. The summed E-state index contributed by atoms with van der Waals surface area (Å²) in [4.78, 5) is 28.8. The number of hydrogen-bond donors (Lipinski definition) is 2. The number of carboxylic acid groups (broad SMARTS) is 1. The van der Waals surface area contributed by atoms with Gasteiger partial charge in [-0.05, 0) is 32.1 Å². The molecule has 7 heteroatoms. The van der Waals surface area contributed by atoms with E-state index in [4.69, 9.17) is 17.3 Å². The van der Waals surface area contributed by atoms with E-state index in [9.17, 15) is 9.59 Å². The summed E-state index contributed by atoms with van der Waals surface area (Å²) in [5.74, 6) is -0.105. The van der Waals surface area contributed by atoms with Crippen LogP contribution in [0.25, 0.3) is 0 Å². The number of rotatable bonds is 10. The van der Waals surface area contributed by atoms with Crippen LogP contribution in [0.15, 0.2) is 16.4 Å². The molecule has 6 nitrogen and oxygen atoms in total. The number of nitrogens with one attached hydrogen (secondary N) is 1. The molecule has 24 heavy (non-hydrogen) atoms. The normalized spacial score (nSPS) is 13.4. The van der Waals surface area contributed by atoms with Crippen molar-refractivity contribution in [2.24, 2.45) is 10.9 Å². The fraction of sp³-hybridized carbons (Fsp3) is 0.647. The third-order valence-electron chi connectivity index (χ3n) is 3.84. The molecule has 136 valence electrons. The largest absolute Gasteiger partial charge is 0.481 e. The fourth-order valence-corrected chi connectivity index (χ4v) is 2.21. The lowest BCUT2D eigenvalue weighted by Crippen LogP contribution is -2.27. The van der Waals surface area contributed by atoms with Crippen molar-refractivity contribution in [2.75, 3.05) is 14.1 Å². The molecule has 2 N–H and O–H groups in total. The Morgan fingerprint density at radius 2 is 1.96 bits per heavy atom. The SMILES string of the molecule is CCC(/C=N\C(=C(/C)C(=S)NC)N(C)C(C)=O)CCCCC(=O)O. The predicted octanol–water partition coefficient (Wildman–Crippen LogP) is 2.99. The summed E-state index contributed by atoms with van der Waals surface area (Å²) in [6.07, 6.45) is 5.33. The Hall–Kier alpha value is -1.76. The van der Waals surface area contributed by atoms with Crippen LogP contribution in [0.1, 0.15) is 52.9 Å². The average Bonchev–Trinajstić information content (AvgIpc) is 2.54. The van der Waals surface area contributed by atoms with Gasteiger partial charge >= 0.3 is 5.97 Å². The molecule has 0 aromatic rings. The first-order valence-electron chi connectivity index (χ1n) is 8.17. The van der Waals surface area contributed by atoms with Crippen LogP contribution in [0.4, 0.5) is 0 Å². The number of nitrogens with zero attached hydrogens (tertiary/aromatic N) is 2. The Morgan fingerprint density at radius 1 is 1.33 bits per heavy atom. The number of unbranched alkanes of at least 4 members (excludes halogenated alkanes) is 1. The van der Waals surface area contributed by atoms with Crippen LogP contribution in [0.5, 0.6) is 0 Å². The molecule has 0 aliphatic rings. The highest BCUT2D eigenvalue weighted by Crippen LogP contribution is 2.16. The maximum Gasteiger partial charge on any atom is 0.303 e. The van der Waals surface area contributed by atoms with Crippen molar-refractivity contribution in [1.82, 2.24) is 10.2 Å². The Balaban J connectivity index is 5.10. The third kappa shape index (κ3) is 8.19. The predicted molar refractivity (Wildman–Crippen MR) is 101 cm³/mol. The highest BCUT2D eigenvalue weighted by atomic mass is 32.1. The summed E-state index contributed by atoms with van der Waals surface area (Å²) in [6, 6.07) is 0. The average molecular weight is 356 g/mol. The number of likely N-dealkylation sites (N-methyl/N-ethyl adjacent to an activating group) is 1. The van der Waals surface area contributed by atoms with Crippen molar-refractivity contribution in [3.05, 3.63) is 11.4 Å². The lowest BCUT2D eigenvalue weighted by atomic mass is 10.00. The lowest BCUT2D eigenvalue weighted by molar-refractivity contribution is -0.137. The Bertz CT molecular complexity index is 515. The number of amides is 1. The smallest absolute Gasteiger partial charge is 0.303 e. The monoisotopic (exact) mass is 355 g/mol. The molecule has 0 heterocycles. The zero-order valence-corrected chi connectivity index (χ0v) is 16.1. The van der Waals surface area contributed by atoms with E-state index in [1.54, 1.807) is 14.1 Å². The lowest BCUT2D eigenvalue weighted by Gasteiger charge is -2.19.